The third-order valence-electron chi connectivity index (χ3n) is 3.95. The summed E-state index contributed by atoms with van der Waals surface area (Å²) < 4.78 is 16.4. The number of carbonyl (C=O) groups is 3. The molecule has 2 aromatic carbocycles. The van der Waals surface area contributed by atoms with Crippen molar-refractivity contribution in [1.82, 2.24) is 0 Å². The molecule has 8 nitrogen and oxygen atoms in total. The molecule has 29 heavy (non-hydrogen) atoms. The molecule has 1 aliphatic rings. The monoisotopic (exact) mass is 462 g/mol. The van der Waals surface area contributed by atoms with Gasteiger partial charge in [-0.2, -0.15) is 0 Å². The zero-order chi connectivity index (χ0) is 20.8. The van der Waals surface area contributed by atoms with Crippen molar-refractivity contribution in [3.05, 3.63) is 46.9 Å². The molecule has 3 rings (SSSR count). The number of nitrogens with zero attached hydrogens (tertiary/aromatic N) is 1. The third-order valence-corrected chi connectivity index (χ3v) is 4.44. The molecule has 0 saturated carbocycles. The first-order chi connectivity index (χ1) is 14.0. The van der Waals surface area contributed by atoms with Crippen molar-refractivity contribution in [2.24, 2.45) is 0 Å². The molecule has 2 amide bonds. The zero-order valence-electron chi connectivity index (χ0n) is 15.6. The minimum Gasteiger partial charge on any atom is -0.482 e. The molecule has 0 bridgehead atoms. The number of ether oxygens (including phenoxy) is 3. The summed E-state index contributed by atoms with van der Waals surface area (Å²) in [5, 5.41) is 2.73. The van der Waals surface area contributed by atoms with Gasteiger partial charge in [-0.15, -0.1) is 0 Å². The second-order valence-corrected chi connectivity index (χ2v) is 6.97. The van der Waals surface area contributed by atoms with Gasteiger partial charge in [0.05, 0.1) is 12.3 Å². The minimum absolute atomic E-state index is 0.131. The van der Waals surface area contributed by atoms with Crippen molar-refractivity contribution >= 4 is 45.1 Å². The van der Waals surface area contributed by atoms with E-state index in [1.54, 1.807) is 49.4 Å². The van der Waals surface area contributed by atoms with E-state index in [0.29, 0.717) is 22.9 Å². The van der Waals surface area contributed by atoms with Crippen LogP contribution in [0.2, 0.25) is 0 Å². The van der Waals surface area contributed by atoms with Crippen LogP contribution in [0.4, 0.5) is 11.4 Å². The number of rotatable bonds is 7. The van der Waals surface area contributed by atoms with Crippen molar-refractivity contribution < 1.29 is 28.6 Å². The van der Waals surface area contributed by atoms with Crippen LogP contribution in [0.25, 0.3) is 0 Å². The van der Waals surface area contributed by atoms with E-state index >= 15 is 0 Å². The molecule has 0 spiro atoms. The van der Waals surface area contributed by atoms with E-state index in [9.17, 15) is 14.4 Å². The quantitative estimate of drug-likeness (QED) is 0.635. The van der Waals surface area contributed by atoms with Crippen LogP contribution in [0.5, 0.6) is 11.5 Å². The van der Waals surface area contributed by atoms with Crippen molar-refractivity contribution in [2.75, 3.05) is 36.6 Å². The second-order valence-electron chi connectivity index (χ2n) is 6.05. The van der Waals surface area contributed by atoms with Gasteiger partial charge >= 0.3 is 5.97 Å². The molecule has 0 atom stereocenters. The third kappa shape index (κ3) is 5.47. The van der Waals surface area contributed by atoms with Gasteiger partial charge < -0.3 is 19.5 Å². The molecule has 0 radical (unpaired) electrons. The Morgan fingerprint density at radius 2 is 2.07 bits per heavy atom. The predicted octanol–water partition coefficient (Wildman–Crippen LogP) is 2.76. The molecule has 152 valence electrons. The summed E-state index contributed by atoms with van der Waals surface area (Å²) in [4.78, 5) is 37.5. The second kappa shape index (κ2) is 9.42. The SMILES string of the molecule is CCOC(=O)COc1cccc(NC(=O)CN2C(=O)COc3cc(Br)ccc32)c1. The van der Waals surface area contributed by atoms with Gasteiger partial charge in [0.15, 0.2) is 13.2 Å². The number of hydrogen-bond acceptors (Lipinski definition) is 6. The van der Waals surface area contributed by atoms with E-state index in [1.165, 1.54) is 4.90 Å². The summed E-state index contributed by atoms with van der Waals surface area (Å²) in [6.45, 7) is 1.47. The van der Waals surface area contributed by atoms with E-state index in [4.69, 9.17) is 14.2 Å². The maximum absolute atomic E-state index is 12.5. The number of hydrogen-bond donors (Lipinski definition) is 1. The molecule has 0 unspecified atom stereocenters. The molecule has 1 heterocycles. The van der Waals surface area contributed by atoms with Gasteiger partial charge in [0.2, 0.25) is 5.91 Å². The van der Waals surface area contributed by atoms with Crippen LogP contribution in [0, 0.1) is 0 Å². The Morgan fingerprint density at radius 1 is 1.24 bits per heavy atom. The first kappa shape index (κ1) is 20.7. The number of nitrogens with one attached hydrogen (secondary N) is 1. The normalized spacial score (nSPS) is 12.6. The molecular formula is C20H19BrN2O6. The van der Waals surface area contributed by atoms with E-state index in [2.05, 4.69) is 21.2 Å². The Bertz CT molecular complexity index is 933. The lowest BCUT2D eigenvalue weighted by atomic mass is 10.2. The lowest BCUT2D eigenvalue weighted by Crippen LogP contribution is -2.43. The fourth-order valence-electron chi connectivity index (χ4n) is 2.70. The summed E-state index contributed by atoms with van der Waals surface area (Å²) >= 11 is 3.35. The largest absolute Gasteiger partial charge is 0.482 e. The summed E-state index contributed by atoms with van der Waals surface area (Å²) in [7, 11) is 0. The first-order valence-electron chi connectivity index (χ1n) is 8.87. The van der Waals surface area contributed by atoms with Crippen LogP contribution in [0.1, 0.15) is 6.92 Å². The van der Waals surface area contributed by atoms with Crippen molar-refractivity contribution in [2.45, 2.75) is 6.92 Å². The molecule has 2 aromatic rings. The minimum atomic E-state index is -0.474. The Labute approximate surface area is 175 Å². The molecule has 0 fully saturated rings. The lowest BCUT2D eigenvalue weighted by molar-refractivity contribution is -0.145. The predicted molar refractivity (Wildman–Crippen MR) is 109 cm³/mol. The highest BCUT2D eigenvalue weighted by molar-refractivity contribution is 9.10. The molecule has 0 saturated heterocycles. The average Bonchev–Trinajstić information content (AvgIpc) is 2.69. The van der Waals surface area contributed by atoms with Gasteiger partial charge in [-0.3, -0.25) is 14.5 Å². The first-order valence-corrected chi connectivity index (χ1v) is 9.66. The molecule has 0 aromatic heterocycles. The highest BCUT2D eigenvalue weighted by Gasteiger charge is 2.27. The van der Waals surface area contributed by atoms with E-state index in [1.807, 2.05) is 0 Å². The van der Waals surface area contributed by atoms with E-state index < -0.39 is 5.97 Å². The van der Waals surface area contributed by atoms with Crippen LogP contribution in [0.15, 0.2) is 46.9 Å². The number of fused-ring (bicyclic) bond motifs is 1. The lowest BCUT2D eigenvalue weighted by Gasteiger charge is -2.29. The van der Waals surface area contributed by atoms with Crippen molar-refractivity contribution in [3.63, 3.8) is 0 Å². The van der Waals surface area contributed by atoms with Crippen LogP contribution < -0.4 is 19.7 Å². The average molecular weight is 463 g/mol. The van der Waals surface area contributed by atoms with Crippen LogP contribution >= 0.6 is 15.9 Å². The summed E-state index contributed by atoms with van der Waals surface area (Å²) in [5.74, 6) is -0.217. The van der Waals surface area contributed by atoms with Crippen molar-refractivity contribution in [1.29, 1.82) is 0 Å². The van der Waals surface area contributed by atoms with E-state index in [-0.39, 0.29) is 38.2 Å². The Balaban J connectivity index is 1.63. The van der Waals surface area contributed by atoms with Crippen LogP contribution in [-0.2, 0) is 19.1 Å². The number of halogens is 1. The molecule has 1 aliphatic heterocycles. The van der Waals surface area contributed by atoms with E-state index in [0.717, 1.165) is 4.47 Å². The maximum atomic E-state index is 12.5. The Morgan fingerprint density at radius 3 is 2.86 bits per heavy atom. The summed E-state index contributed by atoms with van der Waals surface area (Å²) in [6, 6.07) is 11.8. The Hall–Kier alpha value is -3.07. The topological polar surface area (TPSA) is 94.2 Å². The zero-order valence-corrected chi connectivity index (χ0v) is 17.2. The highest BCUT2D eigenvalue weighted by Crippen LogP contribution is 2.34. The van der Waals surface area contributed by atoms with Gasteiger partial charge in [-0.1, -0.05) is 22.0 Å². The summed E-state index contributed by atoms with van der Waals surface area (Å²) in [5.41, 5.74) is 1.01. The molecular weight excluding hydrogens is 444 g/mol. The number of amides is 2. The number of carbonyl (C=O) groups excluding carboxylic acids is 3. The van der Waals surface area contributed by atoms with Crippen LogP contribution in [0.3, 0.4) is 0 Å². The van der Waals surface area contributed by atoms with Gasteiger partial charge in [0, 0.05) is 16.2 Å². The molecule has 0 aliphatic carbocycles. The standard InChI is InChI=1S/C20H19BrN2O6/c1-2-27-20(26)12-28-15-5-3-4-14(9-15)22-18(24)10-23-16-7-6-13(21)8-17(16)29-11-19(23)25/h3-9H,2,10-12H2,1H3,(H,22,24). The van der Waals surface area contributed by atoms with Gasteiger partial charge in [-0.05, 0) is 37.3 Å². The number of anilines is 2. The van der Waals surface area contributed by atoms with Crippen molar-refractivity contribution in [3.8, 4) is 11.5 Å². The maximum Gasteiger partial charge on any atom is 0.344 e. The molecule has 1 N–H and O–H groups in total. The number of benzene rings is 2. The highest BCUT2D eigenvalue weighted by atomic mass is 79.9. The fraction of sp³-hybridized carbons (Fsp3) is 0.250. The van der Waals surface area contributed by atoms with Gasteiger partial charge in [0.1, 0.15) is 18.0 Å². The smallest absolute Gasteiger partial charge is 0.344 e. The summed E-state index contributed by atoms with van der Waals surface area (Å²) in [6.07, 6.45) is 0. The molecule has 9 heteroatoms. The van der Waals surface area contributed by atoms with Gasteiger partial charge in [0.25, 0.3) is 5.91 Å². The Kier molecular flexibility index (Phi) is 6.71. The fourth-order valence-corrected chi connectivity index (χ4v) is 3.04. The number of esters is 1. The van der Waals surface area contributed by atoms with Gasteiger partial charge in [-0.25, -0.2) is 4.79 Å². The van der Waals surface area contributed by atoms with Crippen LogP contribution in [-0.4, -0.2) is 44.1 Å².